The topological polar surface area (TPSA) is 44.8 Å². The van der Waals surface area contributed by atoms with Crippen molar-refractivity contribution < 1.29 is 18.8 Å². The van der Waals surface area contributed by atoms with E-state index in [2.05, 4.69) is 4.74 Å². The zero-order chi connectivity index (χ0) is 15.5. The molecule has 0 aliphatic carbocycles. The van der Waals surface area contributed by atoms with Gasteiger partial charge in [0.05, 0.1) is 7.11 Å². The summed E-state index contributed by atoms with van der Waals surface area (Å²) < 4.78 is 15.1. The Morgan fingerprint density at radius 3 is 2.19 bits per heavy atom. The fraction of sp³-hybridized carbons (Fsp3) is 0.188. The molecule has 1 aromatic rings. The number of methoxy groups -OCH3 is 1. The van der Waals surface area contributed by atoms with Gasteiger partial charge in [0.25, 0.3) is 0 Å². The summed E-state index contributed by atoms with van der Waals surface area (Å²) in [6.07, 6.45) is 8.46. The van der Waals surface area contributed by atoms with E-state index >= 15 is 0 Å². The van der Waals surface area contributed by atoms with Crippen molar-refractivity contribution in [3.63, 3.8) is 0 Å². The number of carbonyl (C=O) groups is 1. The van der Waals surface area contributed by atoms with Crippen molar-refractivity contribution in [2.24, 2.45) is 0 Å². The summed E-state index contributed by atoms with van der Waals surface area (Å²) in [5.41, 5.74) is 1.87. The molecule has 0 heterocycles. The lowest BCUT2D eigenvalue weighted by atomic mass is 9.76. The molecule has 0 saturated heterocycles. The van der Waals surface area contributed by atoms with Gasteiger partial charge in [0, 0.05) is 20.3 Å². The van der Waals surface area contributed by atoms with Crippen LogP contribution in [0.1, 0.15) is 5.56 Å². The molecule has 0 saturated carbocycles. The van der Waals surface area contributed by atoms with Crippen LogP contribution in [0.25, 0.3) is 6.08 Å². The maximum absolute atomic E-state index is 11.0. The van der Waals surface area contributed by atoms with Gasteiger partial charge in [-0.3, -0.25) is 0 Å². The lowest BCUT2D eigenvalue weighted by molar-refractivity contribution is -0.134. The van der Waals surface area contributed by atoms with Gasteiger partial charge in [0.1, 0.15) is 0 Å². The van der Waals surface area contributed by atoms with Crippen LogP contribution >= 0.6 is 0 Å². The van der Waals surface area contributed by atoms with Gasteiger partial charge < -0.3 is 14.0 Å². The minimum absolute atomic E-state index is 0.400. The number of rotatable bonds is 7. The zero-order valence-electron chi connectivity index (χ0n) is 12.5. The number of benzene rings is 1. The van der Waals surface area contributed by atoms with E-state index in [0.717, 1.165) is 11.0 Å². The SMILES string of the molecule is COB(OC)C(/C=C/C=C/C(=O)OC)=C\c1ccccc1. The van der Waals surface area contributed by atoms with E-state index in [4.69, 9.17) is 9.31 Å². The molecule has 1 aromatic carbocycles. The Hall–Kier alpha value is -2.11. The second kappa shape index (κ2) is 9.74. The number of ether oxygens (including phenoxy) is 1. The molecule has 0 fully saturated rings. The van der Waals surface area contributed by atoms with E-state index in [1.807, 2.05) is 42.5 Å². The van der Waals surface area contributed by atoms with Crippen molar-refractivity contribution in [1.29, 1.82) is 0 Å². The summed E-state index contributed by atoms with van der Waals surface area (Å²) in [5, 5.41) is 0. The van der Waals surface area contributed by atoms with Crippen LogP contribution in [0.15, 0.2) is 60.1 Å². The summed E-state index contributed by atoms with van der Waals surface area (Å²) in [6, 6.07) is 9.84. The van der Waals surface area contributed by atoms with Crippen LogP contribution in [0.2, 0.25) is 0 Å². The minimum Gasteiger partial charge on any atom is -0.466 e. The number of carbonyl (C=O) groups excluding carboxylic acids is 1. The molecule has 0 N–H and O–H groups in total. The summed E-state index contributed by atoms with van der Waals surface area (Å²) in [4.78, 5) is 11.0. The van der Waals surface area contributed by atoms with Gasteiger partial charge in [0.2, 0.25) is 0 Å². The molecule has 0 bridgehead atoms. The average molecular weight is 286 g/mol. The summed E-state index contributed by atoms with van der Waals surface area (Å²) in [5.74, 6) is -0.400. The van der Waals surface area contributed by atoms with Crippen LogP contribution in [-0.2, 0) is 18.8 Å². The highest BCUT2D eigenvalue weighted by atomic mass is 16.6. The number of hydrogen-bond acceptors (Lipinski definition) is 4. The first-order chi connectivity index (χ1) is 10.2. The number of allylic oxidation sites excluding steroid dienone is 4. The molecule has 21 heavy (non-hydrogen) atoms. The smallest absolute Gasteiger partial charge is 0.466 e. The maximum Gasteiger partial charge on any atom is 0.493 e. The molecule has 0 radical (unpaired) electrons. The monoisotopic (exact) mass is 286 g/mol. The van der Waals surface area contributed by atoms with Gasteiger partial charge in [-0.2, -0.15) is 0 Å². The van der Waals surface area contributed by atoms with E-state index in [0.29, 0.717) is 0 Å². The highest BCUT2D eigenvalue weighted by Gasteiger charge is 2.18. The lowest BCUT2D eigenvalue weighted by Crippen LogP contribution is -2.21. The quantitative estimate of drug-likeness (QED) is 0.334. The molecule has 4 nitrogen and oxygen atoms in total. The summed E-state index contributed by atoms with van der Waals surface area (Å²) in [7, 11) is 4.01. The molecule has 0 atom stereocenters. The second-order valence-electron chi connectivity index (χ2n) is 4.10. The predicted molar refractivity (Wildman–Crippen MR) is 84.5 cm³/mol. The minimum atomic E-state index is -0.479. The van der Waals surface area contributed by atoms with Gasteiger partial charge in [-0.15, -0.1) is 0 Å². The molecular formula is C16H19BO4. The summed E-state index contributed by atoms with van der Waals surface area (Å²) in [6.45, 7) is 0. The molecular weight excluding hydrogens is 267 g/mol. The lowest BCUT2D eigenvalue weighted by Gasteiger charge is -2.09. The van der Waals surface area contributed by atoms with Gasteiger partial charge in [-0.1, -0.05) is 54.6 Å². The Labute approximate surface area is 125 Å². The Bertz CT molecular complexity index is 516. The largest absolute Gasteiger partial charge is 0.493 e. The Balaban J connectivity index is 2.93. The molecule has 0 aliphatic heterocycles. The normalized spacial score (nSPS) is 12.0. The zero-order valence-corrected chi connectivity index (χ0v) is 12.5. The van der Waals surface area contributed by atoms with Crippen molar-refractivity contribution in [2.75, 3.05) is 21.3 Å². The molecule has 5 heteroatoms. The fourth-order valence-corrected chi connectivity index (χ4v) is 1.67. The van der Waals surface area contributed by atoms with Crippen molar-refractivity contribution >= 4 is 19.2 Å². The van der Waals surface area contributed by atoms with Crippen molar-refractivity contribution in [3.8, 4) is 0 Å². The third-order valence-electron chi connectivity index (χ3n) is 2.67. The first-order valence-corrected chi connectivity index (χ1v) is 6.46. The third-order valence-corrected chi connectivity index (χ3v) is 2.67. The molecule has 110 valence electrons. The third kappa shape index (κ3) is 6.25. The molecule has 0 amide bonds. The van der Waals surface area contributed by atoms with Gasteiger partial charge >= 0.3 is 13.1 Å². The van der Waals surface area contributed by atoms with E-state index in [1.165, 1.54) is 13.2 Å². The Morgan fingerprint density at radius 2 is 1.62 bits per heavy atom. The number of hydrogen-bond donors (Lipinski definition) is 0. The number of esters is 1. The second-order valence-corrected chi connectivity index (χ2v) is 4.10. The fourth-order valence-electron chi connectivity index (χ4n) is 1.67. The first kappa shape index (κ1) is 16.9. The van der Waals surface area contributed by atoms with Crippen LogP contribution in [0.3, 0.4) is 0 Å². The van der Waals surface area contributed by atoms with E-state index in [9.17, 15) is 4.79 Å². The van der Waals surface area contributed by atoms with Crippen molar-refractivity contribution in [1.82, 2.24) is 0 Å². The van der Waals surface area contributed by atoms with Crippen LogP contribution in [-0.4, -0.2) is 34.4 Å². The standard InChI is InChI=1S/C16H19BO4/c1-19-16(18)12-8-7-11-15(17(20-2)21-3)13-14-9-5-4-6-10-14/h4-13H,1-3H3/b11-7+,12-8+,15-13-. The predicted octanol–water partition coefficient (Wildman–Crippen LogP) is 2.68. The van der Waals surface area contributed by atoms with Gasteiger partial charge in [-0.05, 0) is 11.0 Å². The van der Waals surface area contributed by atoms with Crippen LogP contribution in [0, 0.1) is 0 Å². The highest BCUT2D eigenvalue weighted by molar-refractivity contribution is 6.55. The average Bonchev–Trinajstić information content (AvgIpc) is 2.53. The van der Waals surface area contributed by atoms with Crippen molar-refractivity contribution in [2.45, 2.75) is 0 Å². The van der Waals surface area contributed by atoms with E-state index < -0.39 is 13.1 Å². The van der Waals surface area contributed by atoms with Crippen molar-refractivity contribution in [3.05, 3.63) is 65.7 Å². The molecule has 0 spiro atoms. The molecule has 0 unspecified atom stereocenters. The molecule has 0 aliphatic rings. The Kier molecular flexibility index (Phi) is 7.86. The molecule has 1 rings (SSSR count). The van der Waals surface area contributed by atoms with Crippen LogP contribution < -0.4 is 0 Å². The van der Waals surface area contributed by atoms with Gasteiger partial charge in [-0.25, -0.2) is 4.79 Å². The van der Waals surface area contributed by atoms with E-state index in [1.54, 1.807) is 26.4 Å². The highest BCUT2D eigenvalue weighted by Crippen LogP contribution is 2.12. The molecule has 0 aromatic heterocycles. The maximum atomic E-state index is 11.0. The first-order valence-electron chi connectivity index (χ1n) is 6.46. The summed E-state index contributed by atoms with van der Waals surface area (Å²) >= 11 is 0. The van der Waals surface area contributed by atoms with E-state index in [-0.39, 0.29) is 0 Å². The van der Waals surface area contributed by atoms with Crippen LogP contribution in [0.5, 0.6) is 0 Å². The van der Waals surface area contributed by atoms with Gasteiger partial charge in [0.15, 0.2) is 0 Å². The van der Waals surface area contributed by atoms with Crippen LogP contribution in [0.4, 0.5) is 0 Å². The Morgan fingerprint density at radius 1 is 1.00 bits per heavy atom.